The van der Waals surface area contributed by atoms with Crippen LogP contribution in [0.4, 0.5) is 37.2 Å². The second-order valence-electron chi connectivity index (χ2n) is 29.5. The van der Waals surface area contributed by atoms with Crippen molar-refractivity contribution in [2.24, 2.45) is 0 Å². The maximum Gasteiger partial charge on any atom is 0.203 e. The Labute approximate surface area is 810 Å². The molecule has 0 saturated heterocycles. The Morgan fingerprint density at radius 2 is 0.500 bits per heavy atom. The van der Waals surface area contributed by atoms with Crippen LogP contribution in [0.5, 0.6) is 115 Å². The van der Waals surface area contributed by atoms with Crippen molar-refractivity contribution < 1.29 is 124 Å². The summed E-state index contributed by atoms with van der Waals surface area (Å²) >= 11 is 0. The summed E-state index contributed by atoms with van der Waals surface area (Å²) in [6.07, 6.45) is 25.7. The van der Waals surface area contributed by atoms with E-state index in [0.717, 1.165) is 33.9 Å². The number of aromatic hydroxyl groups is 4. The lowest BCUT2D eigenvalue weighted by Gasteiger charge is -2.13. The fourth-order valence-electron chi connectivity index (χ4n) is 13.7. The SMILES string of the molecule is COc1cc(/C=C\c2cc(O)c(OC)c(N/C=C\C(=O)c3ccc(C)cc3)c2)cc(OC)c1OC.COc1cc(/C=C\c2cc(O)c(OC)c(N/C=C\C(=O)c3ccc(F)cc3)c2)cc(OC)c1OC.COc1cc(/C=C\c2cc(O)c(OC)c(N/C=C\C(=O)c3cccc(F)c3)c2)cc(OC)c1OC.COc1cc(/C=C\c2cc(O)c(OC)c(N/C=C\C(=O)c3ccccc3N)c2)cc(OC)c1OC. The first kappa shape index (κ1) is 106. The number of ether oxygens (including phenoxy) is 16. The molecule has 0 saturated carbocycles. The molecule has 0 aliphatic heterocycles. The number of para-hydroxylation sites is 1. The van der Waals surface area contributed by atoms with Crippen molar-refractivity contribution in [1.29, 1.82) is 0 Å². The Bertz CT molecular complexity index is 6310. The van der Waals surface area contributed by atoms with Gasteiger partial charge in [-0.15, -0.1) is 0 Å². The van der Waals surface area contributed by atoms with E-state index < -0.39 is 11.6 Å². The molecular formula is C109H109F2N5O24. The Morgan fingerprint density at radius 3 is 0.750 bits per heavy atom. The van der Waals surface area contributed by atoms with Gasteiger partial charge in [0.15, 0.2) is 115 Å². The molecule has 12 aromatic rings. The van der Waals surface area contributed by atoms with Crippen molar-refractivity contribution in [2.75, 3.05) is 141 Å². The van der Waals surface area contributed by atoms with Gasteiger partial charge in [-0.3, -0.25) is 19.2 Å². The Balaban J connectivity index is 0.000000209. The molecule has 12 aromatic carbocycles. The monoisotopic (exact) mass is 1910 g/mol. The number of phenols is 4. The summed E-state index contributed by atoms with van der Waals surface area (Å²) in [5.41, 5.74) is 16.7. The topological polar surface area (TPSA) is 371 Å². The Hall–Kier alpha value is -17.9. The van der Waals surface area contributed by atoms with Crippen LogP contribution in [0.15, 0.2) is 243 Å². The smallest absolute Gasteiger partial charge is 0.203 e. The molecule has 728 valence electrons. The molecule has 0 aliphatic rings. The first-order valence-corrected chi connectivity index (χ1v) is 42.5. The van der Waals surface area contributed by atoms with E-state index in [1.807, 2.05) is 79.8 Å². The normalized spacial score (nSPS) is 11.0. The molecule has 0 amide bonds. The van der Waals surface area contributed by atoms with Gasteiger partial charge in [0.05, 0.1) is 137 Å². The standard InChI is InChI=1S/C28H29NO6.2C27H26FNO6.C27H28N2O6/c1-18-6-10-21(11-7-18)23(30)12-13-29-22-14-19(15-24(31)27(22)34-4)8-9-20-16-25(32-2)28(35-5)26(17-20)33-3;1-32-24-15-18(16-25(33-2)27(24)35-4)6-5-17-13-21(26(34-3)23(31)14-17)29-12-11-22(30)19-7-9-20(28)10-8-19;1-32-24-14-18(15-25(33-2)27(24)35-4)9-8-17-12-21(26(34-3)23(31)13-17)29-11-10-22(30)19-6-5-7-20(28)16-19;1-32-24-15-18(16-25(33-2)27(24)35-4)10-9-17-13-21(26(34-3)23(31)14-17)29-12-11-22(30)19-7-5-6-8-20(19)28/h6-17,29,31H,1-5H3;2*5-16,29,31H,1-4H3;5-16,29,31H,28H2,1-4H3/b9-8-,13-12-;6-5-,12-11-;9-8-,11-10-;10-9-,12-11-. The fraction of sp³-hybridized carbons (Fsp3) is 0.156. The molecule has 140 heavy (non-hydrogen) atoms. The summed E-state index contributed by atoms with van der Waals surface area (Å²) in [5.74, 6) is 4.84. The molecule has 0 bridgehead atoms. The average molecular weight is 1910 g/mol. The molecule has 0 fully saturated rings. The number of methoxy groups -OCH3 is 16. The molecule has 0 aromatic heterocycles. The van der Waals surface area contributed by atoms with Crippen LogP contribution < -0.4 is 103 Å². The van der Waals surface area contributed by atoms with Crippen molar-refractivity contribution >= 4 is 100 Å². The number of halogens is 2. The van der Waals surface area contributed by atoms with E-state index in [0.29, 0.717) is 136 Å². The highest BCUT2D eigenvalue weighted by Crippen LogP contribution is 2.46. The van der Waals surface area contributed by atoms with Gasteiger partial charge in [-0.1, -0.05) is 103 Å². The van der Waals surface area contributed by atoms with Crippen LogP contribution >= 0.6 is 0 Å². The van der Waals surface area contributed by atoms with Gasteiger partial charge in [0.2, 0.25) is 23.0 Å². The highest BCUT2D eigenvalue weighted by molar-refractivity contribution is 6.09. The zero-order chi connectivity index (χ0) is 101. The maximum absolute atomic E-state index is 13.4. The number of phenolic OH excluding ortho intramolecular Hbond substituents is 4. The number of ketones is 4. The molecular weight excluding hydrogens is 1800 g/mol. The van der Waals surface area contributed by atoms with Crippen molar-refractivity contribution in [2.45, 2.75) is 6.92 Å². The molecule has 31 heteroatoms. The molecule has 0 aliphatic carbocycles. The highest BCUT2D eigenvalue weighted by Gasteiger charge is 2.21. The van der Waals surface area contributed by atoms with Gasteiger partial charge in [-0.25, -0.2) is 8.78 Å². The third-order valence-electron chi connectivity index (χ3n) is 20.5. The number of anilines is 5. The van der Waals surface area contributed by atoms with E-state index in [-0.39, 0.29) is 74.7 Å². The minimum absolute atomic E-state index is 0.0414. The number of nitrogens with two attached hydrogens (primary N) is 1. The van der Waals surface area contributed by atoms with E-state index in [9.17, 15) is 48.4 Å². The quantitative estimate of drug-likeness (QED) is 0.00745. The molecule has 0 heterocycles. The largest absolute Gasteiger partial charge is 0.504 e. The predicted molar refractivity (Wildman–Crippen MR) is 542 cm³/mol. The molecule has 29 nitrogen and oxygen atoms in total. The molecule has 0 atom stereocenters. The highest BCUT2D eigenvalue weighted by atomic mass is 19.1. The molecule has 0 unspecified atom stereocenters. The Morgan fingerprint density at radius 1 is 0.257 bits per heavy atom. The summed E-state index contributed by atoms with van der Waals surface area (Å²) < 4.78 is 112. The van der Waals surface area contributed by atoms with Crippen LogP contribution in [0.3, 0.4) is 0 Å². The van der Waals surface area contributed by atoms with Gasteiger partial charge < -0.3 is 123 Å². The number of carbonyl (C=O) groups is 4. The Kier molecular flexibility index (Phi) is 39.8. The van der Waals surface area contributed by atoms with Crippen molar-refractivity contribution in [1.82, 2.24) is 0 Å². The number of aryl methyl sites for hydroxylation is 1. The summed E-state index contributed by atoms with van der Waals surface area (Å²) in [6, 6.07) is 52.6. The van der Waals surface area contributed by atoms with Crippen LogP contribution in [-0.4, -0.2) is 157 Å². The molecule has 0 spiro atoms. The summed E-state index contributed by atoms with van der Waals surface area (Å²) in [6.45, 7) is 1.97. The van der Waals surface area contributed by atoms with Gasteiger partial charge in [0, 0.05) is 77.0 Å². The number of nitrogens with one attached hydrogen (secondary N) is 4. The van der Waals surface area contributed by atoms with E-state index in [2.05, 4.69) is 21.3 Å². The number of hydrogen-bond donors (Lipinski definition) is 9. The van der Waals surface area contributed by atoms with E-state index in [1.165, 1.54) is 148 Å². The summed E-state index contributed by atoms with van der Waals surface area (Å²) in [5, 5.41) is 53.7. The number of allylic oxidation sites excluding steroid dienone is 4. The summed E-state index contributed by atoms with van der Waals surface area (Å²) in [7, 11) is 24.3. The maximum atomic E-state index is 13.4. The minimum atomic E-state index is -0.490. The van der Waals surface area contributed by atoms with Crippen LogP contribution in [0.25, 0.3) is 48.6 Å². The van der Waals surface area contributed by atoms with Crippen LogP contribution in [0.1, 0.15) is 91.5 Å². The molecule has 0 radical (unpaired) electrons. The molecule has 10 N–H and O–H groups in total. The van der Waals surface area contributed by atoms with Crippen LogP contribution in [0, 0.1) is 18.6 Å². The number of hydrogen-bond acceptors (Lipinski definition) is 29. The summed E-state index contributed by atoms with van der Waals surface area (Å²) in [4.78, 5) is 49.4. The first-order chi connectivity index (χ1) is 67.6. The lowest BCUT2D eigenvalue weighted by Crippen LogP contribution is -2.01. The van der Waals surface area contributed by atoms with Crippen molar-refractivity contribution in [3.05, 3.63) is 327 Å². The zero-order valence-corrected chi connectivity index (χ0v) is 80.0. The van der Waals surface area contributed by atoms with Gasteiger partial charge in [0.25, 0.3) is 0 Å². The zero-order valence-electron chi connectivity index (χ0n) is 80.0. The van der Waals surface area contributed by atoms with Gasteiger partial charge in [-0.05, 0) is 197 Å². The third kappa shape index (κ3) is 28.8. The van der Waals surface area contributed by atoms with Gasteiger partial charge in [0.1, 0.15) is 11.6 Å². The third-order valence-corrected chi connectivity index (χ3v) is 20.5. The number of carbonyl (C=O) groups excluding carboxylic acids is 4. The van der Waals surface area contributed by atoms with Crippen molar-refractivity contribution in [3.63, 3.8) is 0 Å². The lowest BCUT2D eigenvalue weighted by atomic mass is 10.1. The molecule has 12 rings (SSSR count). The first-order valence-electron chi connectivity index (χ1n) is 42.5. The average Bonchev–Trinajstić information content (AvgIpc) is 0.826. The number of benzene rings is 12. The fourth-order valence-corrected chi connectivity index (χ4v) is 13.7. The number of nitrogen functional groups attached to an aromatic ring is 1. The van der Waals surface area contributed by atoms with E-state index in [1.54, 1.807) is 178 Å². The minimum Gasteiger partial charge on any atom is -0.504 e. The van der Waals surface area contributed by atoms with Crippen LogP contribution in [-0.2, 0) is 0 Å². The lowest BCUT2D eigenvalue weighted by molar-refractivity contribution is 0.103. The second kappa shape index (κ2) is 52.7. The second-order valence-corrected chi connectivity index (χ2v) is 29.5. The van der Waals surface area contributed by atoms with E-state index >= 15 is 0 Å². The number of rotatable bonds is 40. The van der Waals surface area contributed by atoms with Gasteiger partial charge >= 0.3 is 0 Å². The van der Waals surface area contributed by atoms with Gasteiger partial charge in [-0.2, -0.15) is 0 Å². The van der Waals surface area contributed by atoms with E-state index in [4.69, 9.17) is 81.5 Å². The van der Waals surface area contributed by atoms with Crippen LogP contribution in [0.2, 0.25) is 0 Å². The predicted octanol–water partition coefficient (Wildman–Crippen LogP) is 21.8. The van der Waals surface area contributed by atoms with Crippen molar-refractivity contribution in [3.8, 4) is 115 Å².